The summed E-state index contributed by atoms with van der Waals surface area (Å²) in [4.78, 5) is 4.49. The minimum atomic E-state index is 0.833. The van der Waals surface area contributed by atoms with Gasteiger partial charge in [0, 0.05) is 12.3 Å². The van der Waals surface area contributed by atoms with Gasteiger partial charge in [-0.1, -0.05) is 64.7 Å². The predicted octanol–water partition coefficient (Wildman–Crippen LogP) is 5.39. The Bertz CT molecular complexity index is 208. The van der Waals surface area contributed by atoms with Crippen molar-refractivity contribution in [1.29, 1.82) is 0 Å². The highest BCUT2D eigenvalue weighted by Gasteiger charge is 2.15. The minimum absolute atomic E-state index is 0.833. The molecule has 1 aliphatic rings. The standard InChI is InChI=1S/C16H31N/c1-3-4-5-6-7-8-9-10-11-12-16-13-14-17-15(16)2/h16H,3-14H2,1-2H3/t16-/m0/s1. The zero-order valence-electron chi connectivity index (χ0n) is 12.0. The molecule has 0 aromatic rings. The molecule has 0 aliphatic carbocycles. The fourth-order valence-corrected chi connectivity index (χ4v) is 2.79. The molecule has 0 bridgehead atoms. The summed E-state index contributed by atoms with van der Waals surface area (Å²) in [6, 6.07) is 0. The normalized spacial score (nSPS) is 19.6. The number of rotatable bonds is 10. The van der Waals surface area contributed by atoms with Crippen LogP contribution in [-0.4, -0.2) is 12.3 Å². The number of nitrogens with zero attached hydrogens (tertiary/aromatic N) is 1. The van der Waals surface area contributed by atoms with Crippen LogP contribution in [0.2, 0.25) is 0 Å². The highest BCUT2D eigenvalue weighted by atomic mass is 14.8. The van der Waals surface area contributed by atoms with E-state index in [0.717, 1.165) is 12.5 Å². The lowest BCUT2D eigenvalue weighted by Gasteiger charge is -2.09. The Labute approximate surface area is 108 Å². The molecule has 0 aromatic heterocycles. The fourth-order valence-electron chi connectivity index (χ4n) is 2.79. The molecule has 0 fully saturated rings. The lowest BCUT2D eigenvalue weighted by atomic mass is 9.95. The van der Waals surface area contributed by atoms with Crippen molar-refractivity contribution in [2.75, 3.05) is 6.54 Å². The zero-order valence-corrected chi connectivity index (χ0v) is 12.0. The van der Waals surface area contributed by atoms with Gasteiger partial charge in [0.15, 0.2) is 0 Å². The quantitative estimate of drug-likeness (QED) is 0.452. The summed E-state index contributed by atoms with van der Waals surface area (Å²) in [7, 11) is 0. The summed E-state index contributed by atoms with van der Waals surface area (Å²) in [5.74, 6) is 0.833. The second-order valence-corrected chi connectivity index (χ2v) is 5.63. The predicted molar refractivity (Wildman–Crippen MR) is 77.9 cm³/mol. The maximum absolute atomic E-state index is 4.49. The maximum atomic E-state index is 4.49. The number of hydrogen-bond donors (Lipinski definition) is 0. The van der Waals surface area contributed by atoms with Gasteiger partial charge < -0.3 is 0 Å². The van der Waals surface area contributed by atoms with Gasteiger partial charge in [-0.05, 0) is 25.7 Å². The van der Waals surface area contributed by atoms with E-state index >= 15 is 0 Å². The molecule has 1 atom stereocenters. The van der Waals surface area contributed by atoms with E-state index in [0.29, 0.717) is 0 Å². The van der Waals surface area contributed by atoms with Crippen molar-refractivity contribution >= 4 is 5.71 Å². The first-order valence-corrected chi connectivity index (χ1v) is 7.85. The molecular weight excluding hydrogens is 206 g/mol. The number of hydrogen-bond acceptors (Lipinski definition) is 1. The second kappa shape index (κ2) is 9.67. The summed E-state index contributed by atoms with van der Waals surface area (Å²) in [5.41, 5.74) is 1.42. The van der Waals surface area contributed by atoms with Crippen LogP contribution in [0.15, 0.2) is 4.99 Å². The Balaban J connectivity index is 1.80. The Kier molecular flexibility index (Phi) is 8.38. The van der Waals surface area contributed by atoms with Crippen LogP contribution in [0.3, 0.4) is 0 Å². The van der Waals surface area contributed by atoms with Gasteiger partial charge in [-0.15, -0.1) is 0 Å². The lowest BCUT2D eigenvalue weighted by Crippen LogP contribution is -2.05. The van der Waals surface area contributed by atoms with Crippen LogP contribution in [0, 0.1) is 5.92 Å². The summed E-state index contributed by atoms with van der Waals surface area (Å²) >= 11 is 0. The minimum Gasteiger partial charge on any atom is -0.294 e. The van der Waals surface area contributed by atoms with Crippen molar-refractivity contribution < 1.29 is 0 Å². The van der Waals surface area contributed by atoms with Crippen molar-refractivity contribution in [3.63, 3.8) is 0 Å². The second-order valence-electron chi connectivity index (χ2n) is 5.63. The molecule has 0 aromatic carbocycles. The first kappa shape index (κ1) is 14.7. The van der Waals surface area contributed by atoms with Gasteiger partial charge in [0.1, 0.15) is 0 Å². The van der Waals surface area contributed by atoms with Crippen LogP contribution >= 0.6 is 0 Å². The smallest absolute Gasteiger partial charge is 0.0394 e. The van der Waals surface area contributed by atoms with Crippen molar-refractivity contribution in [3.8, 4) is 0 Å². The third kappa shape index (κ3) is 6.85. The Morgan fingerprint density at radius 3 is 2.06 bits per heavy atom. The third-order valence-electron chi connectivity index (χ3n) is 4.09. The van der Waals surface area contributed by atoms with E-state index in [1.54, 1.807) is 0 Å². The molecule has 1 heteroatoms. The molecule has 1 nitrogen and oxygen atoms in total. The first-order valence-electron chi connectivity index (χ1n) is 7.85. The van der Waals surface area contributed by atoms with Gasteiger partial charge in [-0.3, -0.25) is 4.99 Å². The molecule has 1 aliphatic heterocycles. The highest BCUT2D eigenvalue weighted by Crippen LogP contribution is 2.21. The zero-order chi connectivity index (χ0) is 12.3. The topological polar surface area (TPSA) is 12.4 Å². The largest absolute Gasteiger partial charge is 0.294 e. The molecule has 17 heavy (non-hydrogen) atoms. The lowest BCUT2D eigenvalue weighted by molar-refractivity contribution is 0.522. The van der Waals surface area contributed by atoms with Crippen molar-refractivity contribution in [2.45, 2.75) is 84.5 Å². The van der Waals surface area contributed by atoms with Gasteiger partial charge in [-0.2, -0.15) is 0 Å². The summed E-state index contributed by atoms with van der Waals surface area (Å²) < 4.78 is 0. The molecule has 0 radical (unpaired) electrons. The molecule has 100 valence electrons. The third-order valence-corrected chi connectivity index (χ3v) is 4.09. The number of unbranched alkanes of at least 4 members (excludes halogenated alkanes) is 8. The molecule has 0 unspecified atom stereocenters. The SMILES string of the molecule is CCCCCCCCCCC[C@H]1CCN=C1C. The van der Waals surface area contributed by atoms with Crippen LogP contribution in [-0.2, 0) is 0 Å². The summed E-state index contributed by atoms with van der Waals surface area (Å²) in [6.45, 7) is 5.59. The van der Waals surface area contributed by atoms with Crippen LogP contribution < -0.4 is 0 Å². The van der Waals surface area contributed by atoms with Gasteiger partial charge in [-0.25, -0.2) is 0 Å². The fraction of sp³-hybridized carbons (Fsp3) is 0.938. The van der Waals surface area contributed by atoms with Gasteiger partial charge in [0.2, 0.25) is 0 Å². The molecule has 1 rings (SSSR count). The van der Waals surface area contributed by atoms with E-state index in [9.17, 15) is 0 Å². The molecular formula is C16H31N. The molecule has 0 saturated heterocycles. The van der Waals surface area contributed by atoms with Gasteiger partial charge >= 0.3 is 0 Å². The Morgan fingerprint density at radius 1 is 0.941 bits per heavy atom. The molecule has 1 heterocycles. The highest BCUT2D eigenvalue weighted by molar-refractivity contribution is 5.85. The van der Waals surface area contributed by atoms with Crippen LogP contribution in [0.25, 0.3) is 0 Å². The Hall–Kier alpha value is -0.330. The first-order chi connectivity index (χ1) is 8.34. The monoisotopic (exact) mass is 237 g/mol. The van der Waals surface area contributed by atoms with E-state index in [-0.39, 0.29) is 0 Å². The van der Waals surface area contributed by atoms with E-state index < -0.39 is 0 Å². The van der Waals surface area contributed by atoms with Crippen LogP contribution in [0.5, 0.6) is 0 Å². The van der Waals surface area contributed by atoms with E-state index in [4.69, 9.17) is 0 Å². The average Bonchev–Trinajstić information content (AvgIpc) is 2.73. The van der Waals surface area contributed by atoms with E-state index in [1.165, 1.54) is 76.3 Å². The van der Waals surface area contributed by atoms with Crippen LogP contribution in [0.4, 0.5) is 0 Å². The van der Waals surface area contributed by atoms with E-state index in [1.807, 2.05) is 0 Å². The summed E-state index contributed by atoms with van der Waals surface area (Å²) in [5, 5.41) is 0. The van der Waals surface area contributed by atoms with Crippen molar-refractivity contribution in [1.82, 2.24) is 0 Å². The number of aliphatic imine (C=N–C) groups is 1. The van der Waals surface area contributed by atoms with Crippen LogP contribution in [0.1, 0.15) is 84.5 Å². The average molecular weight is 237 g/mol. The van der Waals surface area contributed by atoms with Gasteiger partial charge in [0.05, 0.1) is 0 Å². The van der Waals surface area contributed by atoms with Gasteiger partial charge in [0.25, 0.3) is 0 Å². The van der Waals surface area contributed by atoms with Crippen molar-refractivity contribution in [2.24, 2.45) is 10.9 Å². The molecule has 0 saturated carbocycles. The molecule has 0 amide bonds. The van der Waals surface area contributed by atoms with Crippen molar-refractivity contribution in [3.05, 3.63) is 0 Å². The molecule has 0 N–H and O–H groups in total. The maximum Gasteiger partial charge on any atom is 0.0394 e. The molecule has 0 spiro atoms. The summed E-state index contributed by atoms with van der Waals surface area (Å²) in [6.07, 6.45) is 15.7. The Morgan fingerprint density at radius 2 is 1.53 bits per heavy atom. The van der Waals surface area contributed by atoms with E-state index in [2.05, 4.69) is 18.8 Å².